The van der Waals surface area contributed by atoms with Crippen LogP contribution in [-0.2, 0) is 202 Å². The third-order valence-corrected chi connectivity index (χ3v) is 9.30. The van der Waals surface area contributed by atoms with E-state index in [0.717, 1.165) is 17.4 Å². The number of nitrogens with one attached hydrogen (secondary N) is 10. The number of rotatable bonds is 22. The van der Waals surface area contributed by atoms with Crippen molar-refractivity contribution >= 4 is 91.8 Å². The van der Waals surface area contributed by atoms with Gasteiger partial charge in [0, 0.05) is 255 Å². The van der Waals surface area contributed by atoms with Gasteiger partial charge in [0.05, 0.1) is 18.5 Å². The quantitative estimate of drug-likeness (QED) is 0.0412. The van der Waals surface area contributed by atoms with E-state index >= 15 is 0 Å². The number of Topliss-reactive ketones (excluding diaryl/α,β-unsaturated/α-hetero) is 1. The number of fused-ring (bicyclic) bond motifs is 1. The predicted octanol–water partition coefficient (Wildman–Crippen LogP) is -3.42. The summed E-state index contributed by atoms with van der Waals surface area (Å²) in [4.78, 5) is 130. The summed E-state index contributed by atoms with van der Waals surface area (Å²) in [7, 11) is 11.3. The molecule has 32 heteroatoms. The zero-order valence-electron chi connectivity index (χ0n) is 39.5. The molecule has 0 saturated heterocycles. The summed E-state index contributed by atoms with van der Waals surface area (Å²) in [5.41, 5.74) is 1.42. The first-order valence-corrected chi connectivity index (χ1v) is 19.6. The Morgan fingerprint density at radius 2 is 0.900 bits per heavy atom. The normalized spacial score (nSPS) is 12.9. The fourth-order valence-corrected chi connectivity index (χ4v) is 5.26. The maximum Gasteiger partial charge on any atom is 0.243 e. The summed E-state index contributed by atoms with van der Waals surface area (Å²) >= 11 is 0. The summed E-state index contributed by atoms with van der Waals surface area (Å²) in [6, 6.07) is -0.782. The Hall–Kier alpha value is 0.647. The summed E-state index contributed by atoms with van der Waals surface area (Å²) < 4.78 is 0. The van der Waals surface area contributed by atoms with Crippen LogP contribution in [0.5, 0.6) is 0 Å². The Morgan fingerprint density at radius 1 is 0.529 bits per heavy atom. The number of aromatic amines is 1. The van der Waals surface area contributed by atoms with Crippen LogP contribution >= 0.6 is 0 Å². The van der Waals surface area contributed by atoms with Crippen LogP contribution in [0.3, 0.4) is 0 Å². The Kier molecular flexibility index (Phi) is 54.5. The summed E-state index contributed by atoms with van der Waals surface area (Å²) in [5, 5.41) is 22.6. The van der Waals surface area contributed by atoms with Crippen molar-refractivity contribution in [3.8, 4) is 0 Å². The summed E-state index contributed by atoms with van der Waals surface area (Å²) in [6.07, 6.45) is 1.63. The van der Waals surface area contributed by atoms with Crippen LogP contribution in [0, 0.1) is 74.7 Å². The van der Waals surface area contributed by atoms with Crippen LogP contribution in [0.15, 0.2) is 30.5 Å². The van der Waals surface area contributed by atoms with E-state index in [9.17, 15) is 47.9 Å². The number of carbonyl (C=O) groups is 10. The molecule has 0 aliphatic heterocycles. The predicted molar refractivity (Wildman–Crippen MR) is 227 cm³/mol. The van der Waals surface area contributed by atoms with Gasteiger partial charge in [-0.3, -0.25) is 43.2 Å². The number of para-hydroxylation sites is 1. The van der Waals surface area contributed by atoms with Gasteiger partial charge < -0.3 is 57.6 Å². The number of hydrogen-bond donors (Lipinski definition) is 10. The van der Waals surface area contributed by atoms with Gasteiger partial charge in [0.25, 0.3) is 0 Å². The molecule has 1 heterocycles. The molecule has 1 unspecified atom stereocenters. The fourth-order valence-electron chi connectivity index (χ4n) is 5.26. The molecule has 1 aromatic carbocycles. The van der Waals surface area contributed by atoms with Crippen LogP contribution in [0.25, 0.3) is 10.9 Å². The average molecular weight is 2610 g/mol. The second kappa shape index (κ2) is 43.7. The van der Waals surface area contributed by atoms with E-state index in [-0.39, 0.29) is 222 Å². The van der Waals surface area contributed by atoms with Gasteiger partial charge in [0.2, 0.25) is 41.4 Å². The number of H-pyrrole nitrogens is 1. The molecule has 1 aromatic heterocycles. The molecule has 70 heavy (non-hydrogen) atoms. The molecule has 0 saturated carbocycles. The molecule has 4 radical (unpaired) electrons. The first kappa shape index (κ1) is 87.3. The molecule has 2 aromatic rings. The second-order valence-corrected chi connectivity index (χ2v) is 15.0. The zero-order chi connectivity index (χ0) is 46.3. The monoisotopic (exact) mass is 2610 g/mol. The van der Waals surface area contributed by atoms with Crippen molar-refractivity contribution in [1.82, 2.24) is 52.8 Å². The van der Waals surface area contributed by atoms with Crippen molar-refractivity contribution in [2.45, 2.75) is 117 Å². The number of benzene rings is 1. The zero-order valence-corrected chi connectivity index (χ0v) is 68.4. The van der Waals surface area contributed by atoms with Crippen molar-refractivity contribution < 1.29 is 258 Å². The smallest absolute Gasteiger partial charge is 0.243 e. The van der Waals surface area contributed by atoms with Gasteiger partial charge in [-0.1, -0.05) is 32.0 Å². The minimum atomic E-state index is -1.51. The summed E-state index contributed by atoms with van der Waals surface area (Å²) in [5.74, 6) is -8.98. The number of ketones is 1. The Morgan fingerprint density at radius 3 is 1.30 bits per heavy atom. The molecule has 376 valence electrons. The van der Waals surface area contributed by atoms with Crippen LogP contribution in [0.1, 0.15) is 67.9 Å². The molecule has 0 spiro atoms. The van der Waals surface area contributed by atoms with Crippen molar-refractivity contribution in [3.05, 3.63) is 42.6 Å². The first-order valence-electron chi connectivity index (χ1n) is 19.6. The Labute approximate surface area is 559 Å². The average Bonchev–Trinajstić information content (AvgIpc) is 3.60. The molecule has 20 nitrogen and oxygen atoms in total. The van der Waals surface area contributed by atoms with Crippen LogP contribution in [-0.4, -0.2) is 134 Å². The Balaban J connectivity index is -0.000000712. The van der Waals surface area contributed by atoms with Gasteiger partial charge in [-0.15, -0.1) is 0 Å². The van der Waals surface area contributed by atoms with Crippen molar-refractivity contribution in [2.75, 3.05) is 0 Å². The van der Waals surface area contributed by atoms with Gasteiger partial charge in [-0.2, -0.15) is 0 Å². The number of hydrogen-bond acceptors (Lipinski definition) is 10. The third kappa shape index (κ3) is 30.4. The minimum Gasteiger partial charge on any atom is -0.481 e. The molecular formula is C38H54B3N10O10U2W7-. The maximum absolute atomic E-state index is 13.7. The molecular weight excluding hydrogens is 2550 g/mol. The van der Waals surface area contributed by atoms with Crippen molar-refractivity contribution in [2.24, 2.45) is 5.92 Å². The van der Waals surface area contributed by atoms with E-state index in [1.807, 2.05) is 18.2 Å². The largest absolute Gasteiger partial charge is 0.481 e. The first-order chi connectivity index (χ1) is 28.4. The van der Waals surface area contributed by atoms with E-state index in [4.69, 9.17) is 15.5 Å². The van der Waals surface area contributed by atoms with Gasteiger partial charge in [-0.25, -0.2) is 6.54 Å². The van der Waals surface area contributed by atoms with Gasteiger partial charge in [0.1, 0.15) is 42.2 Å². The molecule has 0 bridgehead atoms. The maximum atomic E-state index is 13.7. The molecule has 0 aliphatic rings. The van der Waals surface area contributed by atoms with Crippen LogP contribution in [0.2, 0.25) is 0 Å². The van der Waals surface area contributed by atoms with Crippen LogP contribution < -0.4 is 47.9 Å². The molecule has 9 amide bonds. The van der Waals surface area contributed by atoms with Gasteiger partial charge in [-0.05, 0) is 60.1 Å². The molecule has 0 aliphatic carbocycles. The van der Waals surface area contributed by atoms with E-state index in [0.29, 0.717) is 5.56 Å². The second-order valence-electron chi connectivity index (χ2n) is 15.0. The third-order valence-electron chi connectivity index (χ3n) is 9.30. The van der Waals surface area contributed by atoms with Gasteiger partial charge >= 0.3 is 0 Å². The van der Waals surface area contributed by atoms with E-state index in [1.165, 1.54) is 48.5 Å². The van der Waals surface area contributed by atoms with Gasteiger partial charge in [0.15, 0.2) is 11.7 Å². The van der Waals surface area contributed by atoms with Crippen molar-refractivity contribution in [1.29, 1.82) is 0 Å². The molecule has 2 rings (SSSR count). The number of amides is 9. The van der Waals surface area contributed by atoms with Crippen molar-refractivity contribution in [3.63, 3.8) is 0 Å². The molecule has 10 N–H and O–H groups in total. The van der Waals surface area contributed by atoms with Crippen LogP contribution in [0.4, 0.5) is 0 Å². The van der Waals surface area contributed by atoms with E-state index in [1.54, 1.807) is 26.1 Å². The number of carbonyl (C=O) groups excluding carboxylic acids is 10. The molecule has 8 atom stereocenters. The Bertz CT molecular complexity index is 2010. The SMILES string of the molecule is [B]B([B])[C@@H](NC(=O)[CH-]NC(=O)C(C)C)C(=O)N[C@@H](C)C(=O)N[C@H](C)C(=O)N[C@@H](C)C(=O)NC(Cc1c[nH]c2ccccc12)C(=O)N[C@@H](C)C(=O)N[C@H](C)C(=O)N[C@@H](C)C(C)=O.[U].[U].[W].[W].[W].[W].[W].[W].[W]. The number of aromatic nitrogens is 1. The standard InChI is InChI=1S/C38H54B3N10O10.2U.7W/c1-17(2)31(54)43-16-29(53)51-30(41(39)40)38(61)49-22(7)35(58)46-20(5)33(56)47-23(8)36(59)50-28(14-25-15-42-27-13-11-10-12-26(25)27)37(60)48-21(6)34(57)45-19(4)32(55)44-18(3)24(9)52;;;;;;;;;/h10-13,15-23,28,30,42H,14H2,1-9H3,(H,43,54)(H,44,55)(H,45,57)(H,46,58)(H,47,56)(H,48,60)(H,49,61)(H,50,59)(H,51,53);;;;;;;;;/q-1;;;;;;;;;/t18-,19+,20+,21-,22-,23-,28?,30-;;;;;;;;;/m0........./s1. The molecule has 0 fully saturated rings. The van der Waals surface area contributed by atoms with E-state index in [2.05, 4.69) is 52.8 Å². The minimum absolute atomic E-state index is 0. The fraction of sp³-hybridized carbons (Fsp3) is 0.500. The summed E-state index contributed by atoms with van der Waals surface area (Å²) in [6.45, 7) is 12.2. The van der Waals surface area contributed by atoms with E-state index < -0.39 is 114 Å². The topological polar surface area (TPSA) is 295 Å².